The number of aryl methyl sites for hydroxylation is 2. The molecule has 1 N–H and O–H groups in total. The summed E-state index contributed by atoms with van der Waals surface area (Å²) in [5, 5.41) is 12.2. The highest BCUT2D eigenvalue weighted by Crippen LogP contribution is 2.24. The summed E-state index contributed by atoms with van der Waals surface area (Å²) >= 11 is 0. The van der Waals surface area contributed by atoms with Gasteiger partial charge in [-0.05, 0) is 43.7 Å². The van der Waals surface area contributed by atoms with Crippen molar-refractivity contribution in [2.24, 2.45) is 0 Å². The molecule has 1 amide bonds. The van der Waals surface area contributed by atoms with Gasteiger partial charge in [-0.1, -0.05) is 0 Å². The van der Waals surface area contributed by atoms with Gasteiger partial charge in [0.05, 0.1) is 12.1 Å². The summed E-state index contributed by atoms with van der Waals surface area (Å²) in [6.45, 7) is 1.92. The first-order chi connectivity index (χ1) is 9.78. The Balaban J connectivity index is 1.70. The van der Waals surface area contributed by atoms with Crippen molar-refractivity contribution in [3.05, 3.63) is 22.9 Å². The lowest BCUT2D eigenvalue weighted by Crippen LogP contribution is -2.33. The second kappa shape index (κ2) is 5.49. The number of nitrogens with zero attached hydrogens (tertiary/aromatic N) is 3. The summed E-state index contributed by atoms with van der Waals surface area (Å²) in [4.78, 5) is 18.4. The van der Waals surface area contributed by atoms with Gasteiger partial charge in [-0.15, -0.1) is 0 Å². The Morgan fingerprint density at radius 2 is 2.15 bits per heavy atom. The average molecular weight is 270 g/mol. The summed E-state index contributed by atoms with van der Waals surface area (Å²) < 4.78 is 0. The van der Waals surface area contributed by atoms with E-state index in [4.69, 9.17) is 0 Å². The van der Waals surface area contributed by atoms with Crippen LogP contribution < -0.4 is 5.32 Å². The van der Waals surface area contributed by atoms with Crippen molar-refractivity contribution < 1.29 is 4.79 Å². The van der Waals surface area contributed by atoms with Crippen molar-refractivity contribution in [2.75, 3.05) is 25.0 Å². The molecule has 104 valence electrons. The molecule has 1 fully saturated rings. The molecule has 0 spiro atoms. The van der Waals surface area contributed by atoms with Gasteiger partial charge in [-0.3, -0.25) is 4.79 Å². The highest BCUT2D eigenvalue weighted by atomic mass is 16.2. The van der Waals surface area contributed by atoms with E-state index >= 15 is 0 Å². The Morgan fingerprint density at radius 1 is 1.35 bits per heavy atom. The summed E-state index contributed by atoms with van der Waals surface area (Å²) in [5.41, 5.74) is 2.79. The summed E-state index contributed by atoms with van der Waals surface area (Å²) in [6, 6.07) is 4.08. The van der Waals surface area contributed by atoms with Crippen LogP contribution in [-0.4, -0.2) is 35.4 Å². The maximum absolute atomic E-state index is 12.0. The van der Waals surface area contributed by atoms with Crippen LogP contribution in [-0.2, 0) is 17.6 Å². The van der Waals surface area contributed by atoms with Crippen LogP contribution in [0.15, 0.2) is 6.07 Å². The van der Waals surface area contributed by atoms with Gasteiger partial charge in [-0.2, -0.15) is 5.26 Å². The maximum atomic E-state index is 12.0. The number of anilines is 1. The third-order valence-electron chi connectivity index (χ3n) is 4.04. The number of fused-ring (bicyclic) bond motifs is 1. The van der Waals surface area contributed by atoms with Gasteiger partial charge in [0.1, 0.15) is 11.9 Å². The Hall–Kier alpha value is -2.09. The van der Waals surface area contributed by atoms with Crippen LogP contribution >= 0.6 is 0 Å². The number of hydrogen-bond acceptors (Lipinski definition) is 4. The zero-order chi connectivity index (χ0) is 13.9. The van der Waals surface area contributed by atoms with Crippen molar-refractivity contribution in [1.82, 2.24) is 9.88 Å². The SMILES string of the molecule is N#Cc1cc2c(nc1NCC(=O)N1CCCC1)CCC2. The summed E-state index contributed by atoms with van der Waals surface area (Å²) in [7, 11) is 0. The molecule has 2 heterocycles. The van der Waals surface area contributed by atoms with Crippen molar-refractivity contribution in [2.45, 2.75) is 32.1 Å². The largest absolute Gasteiger partial charge is 0.360 e. The lowest BCUT2D eigenvalue weighted by molar-refractivity contribution is -0.128. The minimum absolute atomic E-state index is 0.0914. The number of likely N-dealkylation sites (tertiary alicyclic amines) is 1. The second-order valence-electron chi connectivity index (χ2n) is 5.40. The molecule has 1 aliphatic heterocycles. The van der Waals surface area contributed by atoms with Gasteiger partial charge >= 0.3 is 0 Å². The number of rotatable bonds is 3. The van der Waals surface area contributed by atoms with Crippen LogP contribution in [0.1, 0.15) is 36.1 Å². The molecule has 3 rings (SSSR count). The van der Waals surface area contributed by atoms with Crippen molar-refractivity contribution >= 4 is 11.7 Å². The molecule has 1 aromatic heterocycles. The highest BCUT2D eigenvalue weighted by molar-refractivity contribution is 5.81. The summed E-state index contributed by atoms with van der Waals surface area (Å²) in [6.07, 6.45) is 5.25. The number of pyridine rings is 1. The monoisotopic (exact) mass is 270 g/mol. The second-order valence-corrected chi connectivity index (χ2v) is 5.40. The first-order valence-electron chi connectivity index (χ1n) is 7.22. The third-order valence-corrected chi connectivity index (χ3v) is 4.04. The normalized spacial score (nSPS) is 16.9. The molecule has 0 unspecified atom stereocenters. The van der Waals surface area contributed by atoms with E-state index in [2.05, 4.69) is 16.4 Å². The Labute approximate surface area is 118 Å². The fraction of sp³-hybridized carbons (Fsp3) is 0.533. The smallest absolute Gasteiger partial charge is 0.241 e. The Morgan fingerprint density at radius 3 is 2.90 bits per heavy atom. The predicted molar refractivity (Wildman–Crippen MR) is 75.3 cm³/mol. The standard InChI is InChI=1S/C15H18N4O/c16-9-12-8-11-4-3-5-13(11)18-15(12)17-10-14(20)19-6-1-2-7-19/h8H,1-7,10H2,(H,17,18). The molecule has 20 heavy (non-hydrogen) atoms. The molecular weight excluding hydrogens is 252 g/mol. The Kier molecular flexibility index (Phi) is 3.55. The summed E-state index contributed by atoms with van der Waals surface area (Å²) in [5.74, 6) is 0.648. The van der Waals surface area contributed by atoms with Gasteiger partial charge in [-0.25, -0.2) is 4.98 Å². The van der Waals surface area contributed by atoms with Crippen LogP contribution in [0.3, 0.4) is 0 Å². The lowest BCUT2D eigenvalue weighted by atomic mass is 10.1. The minimum Gasteiger partial charge on any atom is -0.360 e. The van der Waals surface area contributed by atoms with E-state index in [0.29, 0.717) is 11.4 Å². The van der Waals surface area contributed by atoms with E-state index in [1.807, 2.05) is 11.0 Å². The van der Waals surface area contributed by atoms with E-state index in [1.165, 1.54) is 5.56 Å². The Bertz CT molecular complexity index is 570. The number of nitriles is 1. The van der Waals surface area contributed by atoms with Crippen molar-refractivity contribution in [1.29, 1.82) is 5.26 Å². The predicted octanol–water partition coefficient (Wildman–Crippen LogP) is 1.48. The van der Waals surface area contributed by atoms with Gasteiger partial charge in [0, 0.05) is 18.8 Å². The fourth-order valence-corrected chi connectivity index (χ4v) is 2.93. The van der Waals surface area contributed by atoms with Crippen LogP contribution in [0.5, 0.6) is 0 Å². The molecule has 5 nitrogen and oxygen atoms in total. The molecule has 0 bridgehead atoms. The zero-order valence-corrected chi connectivity index (χ0v) is 11.5. The van der Waals surface area contributed by atoms with E-state index in [1.54, 1.807) is 0 Å². The number of carbonyl (C=O) groups excluding carboxylic acids is 1. The van der Waals surface area contributed by atoms with Gasteiger partial charge in [0.15, 0.2) is 0 Å². The molecule has 1 saturated heterocycles. The fourth-order valence-electron chi connectivity index (χ4n) is 2.93. The van der Waals surface area contributed by atoms with Gasteiger partial charge in [0.25, 0.3) is 0 Å². The first kappa shape index (κ1) is 12.9. The first-order valence-corrected chi connectivity index (χ1v) is 7.22. The quantitative estimate of drug-likeness (QED) is 0.903. The zero-order valence-electron chi connectivity index (χ0n) is 11.5. The molecule has 0 radical (unpaired) electrons. The molecular formula is C15H18N4O. The maximum Gasteiger partial charge on any atom is 0.241 e. The van der Waals surface area contributed by atoms with Crippen LogP contribution in [0, 0.1) is 11.3 Å². The third kappa shape index (κ3) is 2.46. The molecule has 5 heteroatoms. The number of hydrogen-bond donors (Lipinski definition) is 1. The molecule has 1 aliphatic carbocycles. The minimum atomic E-state index is 0.0914. The number of amides is 1. The highest BCUT2D eigenvalue weighted by Gasteiger charge is 2.19. The van der Waals surface area contributed by atoms with E-state index < -0.39 is 0 Å². The van der Waals surface area contributed by atoms with Crippen LogP contribution in [0.25, 0.3) is 0 Å². The molecule has 1 aromatic rings. The molecule has 0 aromatic carbocycles. The van der Waals surface area contributed by atoms with Crippen LogP contribution in [0.2, 0.25) is 0 Å². The van der Waals surface area contributed by atoms with E-state index in [0.717, 1.165) is 50.9 Å². The van der Waals surface area contributed by atoms with Crippen LogP contribution in [0.4, 0.5) is 5.82 Å². The van der Waals surface area contributed by atoms with E-state index in [-0.39, 0.29) is 12.5 Å². The van der Waals surface area contributed by atoms with Crippen molar-refractivity contribution in [3.63, 3.8) is 0 Å². The van der Waals surface area contributed by atoms with Gasteiger partial charge in [0.2, 0.25) is 5.91 Å². The van der Waals surface area contributed by atoms with Crippen molar-refractivity contribution in [3.8, 4) is 6.07 Å². The number of aromatic nitrogens is 1. The number of nitrogens with one attached hydrogen (secondary N) is 1. The topological polar surface area (TPSA) is 69.0 Å². The lowest BCUT2D eigenvalue weighted by Gasteiger charge is -2.16. The molecule has 0 atom stereocenters. The molecule has 2 aliphatic rings. The average Bonchev–Trinajstić information content (AvgIpc) is 3.13. The van der Waals surface area contributed by atoms with Gasteiger partial charge < -0.3 is 10.2 Å². The number of carbonyl (C=O) groups is 1. The molecule has 0 saturated carbocycles. The van der Waals surface area contributed by atoms with E-state index in [9.17, 15) is 10.1 Å².